The van der Waals surface area contributed by atoms with Crippen molar-refractivity contribution in [3.05, 3.63) is 51.0 Å². The minimum atomic E-state index is -2.65. The molecule has 2 aromatic carbocycles. The minimum absolute atomic E-state index is 0.125. The van der Waals surface area contributed by atoms with Crippen LogP contribution in [0.1, 0.15) is 12.0 Å². The lowest BCUT2D eigenvalue weighted by atomic mass is 10.0. The van der Waals surface area contributed by atoms with E-state index in [1.165, 1.54) is 19.2 Å². The van der Waals surface area contributed by atoms with E-state index in [-0.39, 0.29) is 21.4 Å². The average molecular weight is 338 g/mol. The second kappa shape index (κ2) is 6.17. The SMILES string of the molecule is COc1ccc(-c2ccc(Cl)c(Cl)c2Cl)cc1C(F)F. The van der Waals surface area contributed by atoms with Gasteiger partial charge in [0, 0.05) is 5.56 Å². The molecule has 0 saturated carbocycles. The van der Waals surface area contributed by atoms with Crippen LogP contribution in [-0.4, -0.2) is 7.11 Å². The molecule has 0 aliphatic carbocycles. The number of ether oxygens (including phenoxy) is 1. The van der Waals surface area contributed by atoms with Crippen LogP contribution in [0.15, 0.2) is 30.3 Å². The van der Waals surface area contributed by atoms with Crippen LogP contribution in [0.4, 0.5) is 8.78 Å². The van der Waals surface area contributed by atoms with Crippen molar-refractivity contribution in [3.63, 3.8) is 0 Å². The summed E-state index contributed by atoms with van der Waals surface area (Å²) in [6.07, 6.45) is -2.65. The maximum absolute atomic E-state index is 13.0. The Balaban J connectivity index is 2.59. The lowest BCUT2D eigenvalue weighted by molar-refractivity contribution is 0.147. The molecule has 2 aromatic rings. The molecule has 0 aliphatic heterocycles. The van der Waals surface area contributed by atoms with Crippen LogP contribution in [0.3, 0.4) is 0 Å². The molecule has 106 valence electrons. The molecule has 20 heavy (non-hydrogen) atoms. The molecule has 1 nitrogen and oxygen atoms in total. The van der Waals surface area contributed by atoms with E-state index in [1.807, 2.05) is 0 Å². The highest BCUT2D eigenvalue weighted by atomic mass is 35.5. The summed E-state index contributed by atoms with van der Waals surface area (Å²) in [5, 5.41) is 0.729. The van der Waals surface area contributed by atoms with Gasteiger partial charge < -0.3 is 4.74 Å². The fourth-order valence-corrected chi connectivity index (χ4v) is 2.47. The zero-order valence-corrected chi connectivity index (χ0v) is 12.5. The number of halogens is 5. The molecule has 0 bridgehead atoms. The summed E-state index contributed by atoms with van der Waals surface area (Å²) >= 11 is 17.9. The second-order valence-corrected chi connectivity index (χ2v) is 5.14. The van der Waals surface area contributed by atoms with Crippen molar-refractivity contribution >= 4 is 34.8 Å². The van der Waals surface area contributed by atoms with E-state index < -0.39 is 6.43 Å². The summed E-state index contributed by atoms with van der Waals surface area (Å²) in [6, 6.07) is 7.63. The molecule has 0 spiro atoms. The molecule has 0 N–H and O–H groups in total. The molecule has 0 aliphatic rings. The Morgan fingerprint density at radius 1 is 1.00 bits per heavy atom. The van der Waals surface area contributed by atoms with Gasteiger partial charge in [-0.1, -0.05) is 46.9 Å². The van der Waals surface area contributed by atoms with Crippen molar-refractivity contribution in [1.82, 2.24) is 0 Å². The fraction of sp³-hybridized carbons (Fsp3) is 0.143. The standard InChI is InChI=1S/C14H9Cl3F2O/c1-20-11-5-2-7(6-9(11)14(18)19)8-3-4-10(15)13(17)12(8)16/h2-6,14H,1H3. The Morgan fingerprint density at radius 3 is 2.30 bits per heavy atom. The number of benzene rings is 2. The van der Waals surface area contributed by atoms with Crippen molar-refractivity contribution < 1.29 is 13.5 Å². The van der Waals surface area contributed by atoms with E-state index in [1.54, 1.807) is 18.2 Å². The first-order valence-electron chi connectivity index (χ1n) is 5.55. The van der Waals surface area contributed by atoms with E-state index in [2.05, 4.69) is 0 Å². The fourth-order valence-electron chi connectivity index (χ4n) is 1.82. The third-order valence-corrected chi connectivity index (χ3v) is 4.10. The third kappa shape index (κ3) is 2.85. The Morgan fingerprint density at radius 2 is 1.70 bits per heavy atom. The first kappa shape index (κ1) is 15.4. The minimum Gasteiger partial charge on any atom is -0.496 e. The summed E-state index contributed by atoms with van der Waals surface area (Å²) in [6.45, 7) is 0. The zero-order valence-electron chi connectivity index (χ0n) is 10.3. The third-order valence-electron chi connectivity index (χ3n) is 2.81. The van der Waals surface area contributed by atoms with Gasteiger partial charge in [0.1, 0.15) is 5.75 Å². The molecule has 0 atom stereocenters. The summed E-state index contributed by atoms with van der Waals surface area (Å²) in [4.78, 5) is 0. The topological polar surface area (TPSA) is 9.23 Å². The Bertz CT molecular complexity index is 645. The van der Waals surface area contributed by atoms with Crippen LogP contribution >= 0.6 is 34.8 Å². The zero-order chi connectivity index (χ0) is 14.9. The van der Waals surface area contributed by atoms with E-state index in [0.29, 0.717) is 16.1 Å². The summed E-state index contributed by atoms with van der Waals surface area (Å²) in [5.74, 6) is 0.125. The molecule has 0 heterocycles. The van der Waals surface area contributed by atoms with Crippen molar-refractivity contribution in [1.29, 1.82) is 0 Å². The van der Waals surface area contributed by atoms with Crippen LogP contribution in [0.25, 0.3) is 11.1 Å². The molecule has 2 rings (SSSR count). The van der Waals surface area contributed by atoms with Crippen LogP contribution < -0.4 is 4.74 Å². The first-order valence-corrected chi connectivity index (χ1v) is 6.69. The Labute approximate surface area is 130 Å². The van der Waals surface area contributed by atoms with Crippen molar-refractivity contribution in [2.24, 2.45) is 0 Å². The van der Waals surface area contributed by atoms with Gasteiger partial charge in [0.05, 0.1) is 27.7 Å². The first-order chi connectivity index (χ1) is 9.45. The lowest BCUT2D eigenvalue weighted by Gasteiger charge is -2.12. The van der Waals surface area contributed by atoms with Gasteiger partial charge >= 0.3 is 0 Å². The van der Waals surface area contributed by atoms with Crippen molar-refractivity contribution in [2.45, 2.75) is 6.43 Å². The number of hydrogen-bond acceptors (Lipinski definition) is 1. The Kier molecular flexibility index (Phi) is 4.74. The van der Waals surface area contributed by atoms with Crippen molar-refractivity contribution in [2.75, 3.05) is 7.11 Å². The number of alkyl halides is 2. The quantitative estimate of drug-likeness (QED) is 0.601. The van der Waals surface area contributed by atoms with E-state index in [4.69, 9.17) is 39.5 Å². The second-order valence-electron chi connectivity index (χ2n) is 3.98. The highest BCUT2D eigenvalue weighted by Crippen LogP contribution is 2.40. The van der Waals surface area contributed by atoms with Gasteiger partial charge in [-0.3, -0.25) is 0 Å². The van der Waals surface area contributed by atoms with Gasteiger partial charge in [-0.15, -0.1) is 0 Å². The van der Waals surface area contributed by atoms with E-state index in [9.17, 15) is 8.78 Å². The van der Waals surface area contributed by atoms with Gasteiger partial charge in [0.15, 0.2) is 0 Å². The largest absolute Gasteiger partial charge is 0.496 e. The van der Waals surface area contributed by atoms with Gasteiger partial charge in [0.25, 0.3) is 6.43 Å². The van der Waals surface area contributed by atoms with Gasteiger partial charge in [-0.05, 0) is 23.8 Å². The number of rotatable bonds is 3. The molecular formula is C14H9Cl3F2O. The molecule has 0 fully saturated rings. The predicted molar refractivity (Wildman–Crippen MR) is 78.4 cm³/mol. The highest BCUT2D eigenvalue weighted by Gasteiger charge is 2.17. The molecular weight excluding hydrogens is 329 g/mol. The summed E-state index contributed by atoms with van der Waals surface area (Å²) < 4.78 is 30.9. The van der Waals surface area contributed by atoms with E-state index >= 15 is 0 Å². The van der Waals surface area contributed by atoms with Crippen LogP contribution in [0.5, 0.6) is 5.75 Å². The van der Waals surface area contributed by atoms with Crippen LogP contribution in [-0.2, 0) is 0 Å². The predicted octanol–water partition coefficient (Wildman–Crippen LogP) is 6.26. The molecule has 0 unspecified atom stereocenters. The molecule has 0 saturated heterocycles. The van der Waals surface area contributed by atoms with E-state index in [0.717, 1.165) is 0 Å². The maximum atomic E-state index is 13.0. The van der Waals surface area contributed by atoms with Crippen molar-refractivity contribution in [3.8, 4) is 16.9 Å². The number of methoxy groups -OCH3 is 1. The monoisotopic (exact) mass is 336 g/mol. The van der Waals surface area contributed by atoms with Gasteiger partial charge in [0.2, 0.25) is 0 Å². The highest BCUT2D eigenvalue weighted by molar-refractivity contribution is 6.49. The normalized spacial score (nSPS) is 10.9. The summed E-state index contributed by atoms with van der Waals surface area (Å²) in [7, 11) is 1.34. The summed E-state index contributed by atoms with van der Waals surface area (Å²) in [5.41, 5.74) is 0.849. The van der Waals surface area contributed by atoms with Crippen LogP contribution in [0.2, 0.25) is 15.1 Å². The molecule has 0 amide bonds. The smallest absolute Gasteiger partial charge is 0.267 e. The average Bonchev–Trinajstić information content (AvgIpc) is 2.44. The molecule has 0 aromatic heterocycles. The lowest BCUT2D eigenvalue weighted by Crippen LogP contribution is -1.93. The molecule has 6 heteroatoms. The van der Waals surface area contributed by atoms with Crippen LogP contribution in [0, 0.1) is 0 Å². The Hall–Kier alpha value is -1.03. The van der Waals surface area contributed by atoms with Gasteiger partial charge in [-0.2, -0.15) is 0 Å². The maximum Gasteiger partial charge on any atom is 0.267 e. The molecule has 0 radical (unpaired) electrons. The van der Waals surface area contributed by atoms with Gasteiger partial charge in [-0.25, -0.2) is 8.78 Å². The number of hydrogen-bond donors (Lipinski definition) is 0.